The van der Waals surface area contributed by atoms with Crippen molar-refractivity contribution >= 4 is 62.9 Å². The minimum Gasteiger partial charge on any atom is -0.258 e. The van der Waals surface area contributed by atoms with Crippen LogP contribution in [0.25, 0.3) is 21.9 Å². The summed E-state index contributed by atoms with van der Waals surface area (Å²) in [5.74, 6) is -83.7. The highest BCUT2D eigenvalue weighted by Crippen LogP contribution is 2.65. The lowest BCUT2D eigenvalue weighted by Gasteiger charge is -2.44. The van der Waals surface area contributed by atoms with E-state index in [0.29, 0.717) is 15.1 Å². The number of unbranched alkanes of at least 4 members (excludes halogenated alkanes) is 1. The van der Waals surface area contributed by atoms with Crippen LogP contribution in [0.2, 0.25) is 20.1 Å². The van der Waals surface area contributed by atoms with Crippen molar-refractivity contribution in [2.75, 3.05) is 0 Å². The second kappa shape index (κ2) is 43.6. The van der Waals surface area contributed by atoms with Crippen molar-refractivity contribution in [1.82, 2.24) is 0 Å². The van der Waals surface area contributed by atoms with E-state index in [1.165, 1.54) is 81.1 Å². The van der Waals surface area contributed by atoms with Crippen LogP contribution in [0.15, 0.2) is 206 Å². The van der Waals surface area contributed by atoms with Crippen molar-refractivity contribution in [2.45, 2.75) is 148 Å². The van der Waals surface area contributed by atoms with Crippen LogP contribution in [0.4, 0.5) is 115 Å². The molecule has 4 nitrogen and oxygen atoms in total. The zero-order valence-electron chi connectivity index (χ0n) is 62.0. The highest BCUT2D eigenvalue weighted by atomic mass is 35.5. The lowest BCUT2D eigenvalue weighted by Crippen LogP contribution is -2.76. The molecule has 0 N–H and O–H groups in total. The first-order valence-electron chi connectivity index (χ1n) is 33.2. The molecule has 0 fully saturated rings. The number of non-ortho nitro benzene ring substituents is 1. The predicted octanol–water partition coefficient (Wildman–Crippen LogP) is 30.2. The molecule has 0 atom stereocenters. The van der Waals surface area contributed by atoms with Crippen LogP contribution in [0.1, 0.15) is 82.3 Å². The summed E-state index contributed by atoms with van der Waals surface area (Å²) in [6.07, 6.45) is -2.24. The lowest BCUT2D eigenvalue weighted by atomic mass is 9.86. The molecule has 0 aliphatic heterocycles. The maximum absolute atomic E-state index is 13.2. The molecule has 33 heteroatoms. The van der Waals surface area contributed by atoms with E-state index in [4.69, 9.17) is 51.7 Å². The minimum absolute atomic E-state index is 0.144. The van der Waals surface area contributed by atoms with Gasteiger partial charge in [-0.1, -0.05) is 240 Å². The van der Waals surface area contributed by atoms with Crippen LogP contribution in [-0.4, -0.2) is 64.7 Å². The number of hydrogen-bond donors (Lipinski definition) is 0. The predicted molar refractivity (Wildman–Crippen MR) is 398 cm³/mol. The van der Waals surface area contributed by atoms with E-state index in [2.05, 4.69) is 149 Å². The van der Waals surface area contributed by atoms with E-state index in [1.807, 2.05) is 82.3 Å². The van der Waals surface area contributed by atoms with Gasteiger partial charge >= 0.3 is 59.7 Å². The minimum atomic E-state index is -8.94. The van der Waals surface area contributed by atoms with Gasteiger partial charge < -0.3 is 0 Å². The van der Waals surface area contributed by atoms with Crippen LogP contribution in [0.3, 0.4) is 0 Å². The summed E-state index contributed by atoms with van der Waals surface area (Å²) in [6.45, 7) is 15.9. The maximum atomic E-state index is 13.2. The number of nitro benzene ring substituents is 1. The number of nitro groups is 1. The molecular formula is C82H71Cl4F25N2O2. The van der Waals surface area contributed by atoms with E-state index in [0.717, 1.165) is 34.2 Å². The summed E-state index contributed by atoms with van der Waals surface area (Å²) in [5.41, 5.74) is 12.4. The van der Waals surface area contributed by atoms with Crippen molar-refractivity contribution in [3.8, 4) is 17.2 Å². The summed E-state index contributed by atoms with van der Waals surface area (Å²) in [5, 5.41) is 23.8. The summed E-state index contributed by atoms with van der Waals surface area (Å²) in [4.78, 5) is 9.71. The summed E-state index contributed by atoms with van der Waals surface area (Å²) in [6, 6.07) is 69.7. The average Bonchev–Trinajstić information content (AvgIpc) is 0.689. The number of alkyl halides is 20. The number of halogens is 29. The van der Waals surface area contributed by atoms with Gasteiger partial charge in [0.15, 0.2) is 23.3 Å². The molecule has 0 saturated carbocycles. The van der Waals surface area contributed by atoms with Crippen molar-refractivity contribution in [3.63, 3.8) is 0 Å². The Balaban J connectivity index is 0.000000457. The Morgan fingerprint density at radius 1 is 0.409 bits per heavy atom. The highest BCUT2D eigenvalue weighted by molar-refractivity contribution is 6.42. The number of fused-ring (bicyclic) bond motifs is 1. The summed E-state index contributed by atoms with van der Waals surface area (Å²) >= 11 is 22.7. The van der Waals surface area contributed by atoms with Gasteiger partial charge in [0.25, 0.3) is 5.69 Å². The molecule has 0 spiro atoms. The van der Waals surface area contributed by atoms with Gasteiger partial charge in [-0.2, -0.15) is 84.3 Å². The molecule has 0 aliphatic rings. The third kappa shape index (κ3) is 27.2. The van der Waals surface area contributed by atoms with E-state index in [9.17, 15) is 120 Å². The lowest BCUT2D eigenvalue weighted by molar-refractivity contribution is -0.464. The zero-order chi connectivity index (χ0) is 88.4. The highest BCUT2D eigenvalue weighted by Gasteiger charge is 2.96. The fraction of sp³-hybridized carbons (Fsp3) is 0.280. The van der Waals surface area contributed by atoms with Gasteiger partial charge in [0.2, 0.25) is 5.82 Å². The van der Waals surface area contributed by atoms with Crippen molar-refractivity contribution in [1.29, 1.82) is 5.26 Å². The topological polar surface area (TPSA) is 66.9 Å². The van der Waals surface area contributed by atoms with Gasteiger partial charge in [-0.3, -0.25) is 10.1 Å². The molecule has 0 bridgehead atoms. The Morgan fingerprint density at radius 3 is 1.20 bits per heavy atom. The third-order valence-electron chi connectivity index (χ3n) is 15.8. The number of benzene rings is 10. The van der Waals surface area contributed by atoms with Crippen LogP contribution < -0.4 is 0 Å². The van der Waals surface area contributed by atoms with E-state index >= 15 is 0 Å². The van der Waals surface area contributed by atoms with Crippen LogP contribution in [0.5, 0.6) is 0 Å². The molecule has 0 amide bonds. The molecule has 0 heterocycles. The van der Waals surface area contributed by atoms with E-state index in [1.54, 1.807) is 24.3 Å². The first kappa shape index (κ1) is 102. The standard InChI is InChI=1S/C13H12.C11H4F20.C11H10.C11H16.C8H7N.2C7H6Cl2.C7H3F5.C7H7NO2/c1-11-7-9-13(10-8-11)12-5-3-2-4-6-12;1-3(14,15)5(18,19)7(22,23)9(26,27)11(30,31)10(28,29)8(24,25)6(20,21)4(16,17)2(12)13;1-9-5-4-7-10-6-2-3-8-11(9)10;1-3-4-5-11-8-6-10(2)7-9-11;1-7-2-4-8(6-9)5-3-7;1-5-2-3-6(8)4-7(5)9;1-5-2-3-6(8)7(9)4-5;1-2-3(8)5(10)7(12)6(11)4(2)9;1-6-2-4-7(5-3-6)8(9)10/h2-10H,1H3;2H,1H3;2-8H,1H3;6-9H,3-5H2,1-2H3;2-5H,1H3;2*2-4H,1H3;1H3;2-5H,1H3. The first-order chi connectivity index (χ1) is 52.9. The van der Waals surface area contributed by atoms with Gasteiger partial charge in [-0.05, 0) is 149 Å². The Hall–Kier alpha value is -9.24. The molecule has 0 aromatic heterocycles. The van der Waals surface area contributed by atoms with Crippen molar-refractivity contribution < 1.29 is 115 Å². The fourth-order valence-corrected chi connectivity index (χ4v) is 9.45. The van der Waals surface area contributed by atoms with Crippen molar-refractivity contribution in [3.05, 3.63) is 321 Å². The molecule has 10 rings (SSSR count). The monoisotopic (exact) mass is 1730 g/mol. The van der Waals surface area contributed by atoms with E-state index in [-0.39, 0.29) is 5.69 Å². The van der Waals surface area contributed by atoms with Gasteiger partial charge in [0.05, 0.1) is 26.6 Å². The second-order valence-electron chi connectivity index (χ2n) is 25.0. The molecule has 10 aromatic rings. The van der Waals surface area contributed by atoms with Gasteiger partial charge in [-0.15, -0.1) is 0 Å². The van der Waals surface area contributed by atoms with E-state index < -0.39 is 106 Å². The molecule has 0 saturated heterocycles. The zero-order valence-corrected chi connectivity index (χ0v) is 65.0. The maximum Gasteiger partial charge on any atom is 0.385 e. The number of rotatable bonds is 14. The second-order valence-corrected chi connectivity index (χ2v) is 26.7. The average molecular weight is 1730 g/mol. The molecular weight excluding hydrogens is 1660 g/mol. The molecule has 624 valence electrons. The molecule has 0 radical (unpaired) electrons. The molecule has 10 aromatic carbocycles. The molecule has 0 aliphatic carbocycles. The number of nitriles is 1. The number of hydrogen-bond acceptors (Lipinski definition) is 3. The normalized spacial score (nSPS) is 11.7. The fourth-order valence-electron chi connectivity index (χ4n) is 8.69. The third-order valence-corrected chi connectivity index (χ3v) is 17.2. The number of nitrogens with zero attached hydrogens (tertiary/aromatic N) is 2. The quantitative estimate of drug-likeness (QED) is 0.0358. The Labute approximate surface area is 666 Å². The largest absolute Gasteiger partial charge is 0.385 e. The van der Waals surface area contributed by atoms with Gasteiger partial charge in [0.1, 0.15) is 0 Å². The van der Waals surface area contributed by atoms with Gasteiger partial charge in [0, 0.05) is 34.7 Å². The summed E-state index contributed by atoms with van der Waals surface area (Å²) in [7, 11) is 0. The smallest absolute Gasteiger partial charge is 0.258 e. The van der Waals surface area contributed by atoms with Crippen LogP contribution in [-0.2, 0) is 6.42 Å². The number of aryl methyl sites for hydroxylation is 8. The van der Waals surface area contributed by atoms with Crippen LogP contribution >= 0.6 is 46.4 Å². The Bertz CT molecular complexity index is 4600. The van der Waals surface area contributed by atoms with Crippen LogP contribution in [0, 0.1) is 106 Å². The summed E-state index contributed by atoms with van der Waals surface area (Å²) < 4.78 is 318. The molecule has 115 heavy (non-hydrogen) atoms. The first-order valence-corrected chi connectivity index (χ1v) is 34.7. The SMILES string of the molecule is CC(F)(F)C(F)(F)C(F)(F)C(F)(F)C(F)(F)C(F)(F)C(F)(F)C(F)(F)C(F)(F)C(F)F.CCCCc1ccc(C)cc1.Cc1c(F)c(F)c(F)c(F)c1F.Cc1ccc(-c2ccccc2)cc1.Cc1ccc(C#N)cc1.Cc1ccc(Cl)c(Cl)c1.Cc1ccc(Cl)cc1Cl.Cc1ccc([N+](=O)[O-])cc1.Cc1cccc2ccccc12. The Morgan fingerprint density at radius 2 is 0.800 bits per heavy atom. The van der Waals surface area contributed by atoms with Crippen molar-refractivity contribution in [2.24, 2.45) is 0 Å². The molecule has 0 unspecified atom stereocenters. The van der Waals surface area contributed by atoms with Gasteiger partial charge in [-0.25, -0.2) is 30.7 Å². The Kier molecular flexibility index (Phi) is 38.6.